The summed E-state index contributed by atoms with van der Waals surface area (Å²) in [6.07, 6.45) is 1.42. The summed E-state index contributed by atoms with van der Waals surface area (Å²) in [7, 11) is 0. The molecule has 3 rings (SSSR count). The maximum atomic E-state index is 10.7. The third-order valence-corrected chi connectivity index (χ3v) is 3.41. The molecule has 1 heterocycles. The van der Waals surface area contributed by atoms with E-state index in [9.17, 15) is 4.79 Å². The zero-order valence-electron chi connectivity index (χ0n) is 11.5. The number of anilines is 1. The summed E-state index contributed by atoms with van der Waals surface area (Å²) in [5.74, 6) is -0.886. The Kier molecular flexibility index (Phi) is 3.31. The molecule has 0 radical (unpaired) electrons. The Morgan fingerprint density at radius 3 is 3.00 bits per heavy atom. The Bertz CT molecular complexity index is 808. The van der Waals surface area contributed by atoms with E-state index >= 15 is 0 Å². The maximum absolute atomic E-state index is 10.7. The number of hydrogen-bond acceptors (Lipinski definition) is 4. The molecule has 106 valence electrons. The number of carbonyl (C=O) groups is 1. The molecule has 1 aromatic heterocycles. The number of aliphatic carboxylic acids is 1. The van der Waals surface area contributed by atoms with E-state index in [1.54, 1.807) is 0 Å². The smallest absolute Gasteiger partial charge is 0.322 e. The molecule has 5 heteroatoms. The summed E-state index contributed by atoms with van der Waals surface area (Å²) < 4.78 is 5.32. The van der Waals surface area contributed by atoms with Gasteiger partial charge in [-0.2, -0.15) is 0 Å². The van der Waals surface area contributed by atoms with Crippen LogP contribution in [0.1, 0.15) is 5.56 Å². The first kappa shape index (κ1) is 13.2. The van der Waals surface area contributed by atoms with Crippen molar-refractivity contribution in [2.24, 2.45) is 0 Å². The number of benzene rings is 2. The molecule has 5 nitrogen and oxygen atoms in total. The highest BCUT2D eigenvalue weighted by Gasteiger charge is 2.09. The van der Waals surface area contributed by atoms with Crippen LogP contribution in [0, 0.1) is 6.92 Å². The summed E-state index contributed by atoms with van der Waals surface area (Å²) in [6.45, 7) is 1.86. The van der Waals surface area contributed by atoms with Crippen molar-refractivity contribution in [3.05, 3.63) is 48.4 Å². The van der Waals surface area contributed by atoms with Gasteiger partial charge >= 0.3 is 5.97 Å². The van der Waals surface area contributed by atoms with Gasteiger partial charge in [-0.25, -0.2) is 4.98 Å². The second kappa shape index (κ2) is 5.28. The van der Waals surface area contributed by atoms with Crippen LogP contribution in [0.25, 0.3) is 22.2 Å². The Morgan fingerprint density at radius 1 is 1.33 bits per heavy atom. The number of nitrogens with zero attached hydrogens (tertiary/aromatic N) is 1. The van der Waals surface area contributed by atoms with Crippen molar-refractivity contribution >= 4 is 22.8 Å². The predicted octanol–water partition coefficient (Wildman–Crippen LogP) is 3.30. The van der Waals surface area contributed by atoms with Gasteiger partial charge in [0, 0.05) is 5.69 Å². The molecule has 0 fully saturated rings. The molecule has 2 aromatic carbocycles. The Balaban J connectivity index is 2.01. The number of carboxylic acid groups (broad SMARTS) is 1. The molecule has 0 aliphatic heterocycles. The molecule has 0 spiro atoms. The number of hydrogen-bond donors (Lipinski definition) is 2. The summed E-state index contributed by atoms with van der Waals surface area (Å²) in [4.78, 5) is 14.8. The van der Waals surface area contributed by atoms with Gasteiger partial charge in [0.05, 0.1) is 0 Å². The van der Waals surface area contributed by atoms with Crippen LogP contribution in [-0.2, 0) is 4.79 Å². The molecule has 0 bridgehead atoms. The Morgan fingerprint density at radius 2 is 2.19 bits per heavy atom. The molecule has 0 saturated heterocycles. The van der Waals surface area contributed by atoms with E-state index in [4.69, 9.17) is 9.52 Å². The monoisotopic (exact) mass is 282 g/mol. The lowest BCUT2D eigenvalue weighted by atomic mass is 9.99. The van der Waals surface area contributed by atoms with Crippen molar-refractivity contribution in [3.63, 3.8) is 0 Å². The lowest BCUT2D eigenvalue weighted by molar-refractivity contribution is -0.134. The van der Waals surface area contributed by atoms with Crippen LogP contribution in [0.5, 0.6) is 0 Å². The largest absolute Gasteiger partial charge is 0.480 e. The van der Waals surface area contributed by atoms with E-state index in [1.807, 2.05) is 43.3 Å². The standard InChI is InChI=1S/C16H14N2O3/c1-10-12(3-2-4-13(10)17-8-16(19)20)11-5-6-14-15(7-11)21-9-18-14/h2-7,9,17H,8H2,1H3,(H,19,20). The number of rotatable bonds is 4. The number of fused-ring (bicyclic) bond motifs is 1. The first-order valence-electron chi connectivity index (χ1n) is 6.54. The van der Waals surface area contributed by atoms with Crippen molar-refractivity contribution in [1.29, 1.82) is 0 Å². The minimum absolute atomic E-state index is 0.106. The minimum Gasteiger partial charge on any atom is -0.480 e. The summed E-state index contributed by atoms with van der Waals surface area (Å²) in [6, 6.07) is 11.6. The lowest BCUT2D eigenvalue weighted by Gasteiger charge is -2.12. The van der Waals surface area contributed by atoms with Gasteiger partial charge in [0.25, 0.3) is 0 Å². The molecule has 3 aromatic rings. The van der Waals surface area contributed by atoms with Gasteiger partial charge in [0.1, 0.15) is 12.1 Å². The third kappa shape index (κ3) is 2.58. The molecule has 0 unspecified atom stereocenters. The van der Waals surface area contributed by atoms with Gasteiger partial charge in [-0.1, -0.05) is 18.2 Å². The van der Waals surface area contributed by atoms with Gasteiger partial charge in [0.15, 0.2) is 12.0 Å². The Hall–Kier alpha value is -2.82. The summed E-state index contributed by atoms with van der Waals surface area (Å²) in [5, 5.41) is 11.7. The van der Waals surface area contributed by atoms with E-state index in [0.717, 1.165) is 33.5 Å². The average Bonchev–Trinajstić information content (AvgIpc) is 2.93. The first-order valence-corrected chi connectivity index (χ1v) is 6.54. The first-order chi connectivity index (χ1) is 10.1. The highest BCUT2D eigenvalue weighted by atomic mass is 16.4. The second-order valence-electron chi connectivity index (χ2n) is 4.76. The van der Waals surface area contributed by atoms with Crippen LogP contribution >= 0.6 is 0 Å². The molecule has 2 N–H and O–H groups in total. The van der Waals surface area contributed by atoms with E-state index in [1.165, 1.54) is 6.39 Å². The van der Waals surface area contributed by atoms with Crippen molar-refractivity contribution < 1.29 is 14.3 Å². The van der Waals surface area contributed by atoms with Gasteiger partial charge in [-0.3, -0.25) is 4.79 Å². The van der Waals surface area contributed by atoms with E-state index in [2.05, 4.69) is 10.3 Å². The van der Waals surface area contributed by atoms with Crippen molar-refractivity contribution in [3.8, 4) is 11.1 Å². The zero-order chi connectivity index (χ0) is 14.8. The van der Waals surface area contributed by atoms with E-state index < -0.39 is 5.97 Å². The molecule has 0 amide bonds. The van der Waals surface area contributed by atoms with Crippen LogP contribution in [0.2, 0.25) is 0 Å². The van der Waals surface area contributed by atoms with Crippen molar-refractivity contribution in [2.75, 3.05) is 11.9 Å². The number of aromatic nitrogens is 1. The van der Waals surface area contributed by atoms with Crippen LogP contribution in [0.4, 0.5) is 5.69 Å². The van der Waals surface area contributed by atoms with Crippen molar-refractivity contribution in [1.82, 2.24) is 4.98 Å². The fourth-order valence-electron chi connectivity index (χ4n) is 2.33. The molecule has 0 atom stereocenters. The van der Waals surface area contributed by atoms with Gasteiger partial charge in [-0.05, 0) is 41.8 Å². The topological polar surface area (TPSA) is 75.4 Å². The molecule has 0 aliphatic rings. The molecular formula is C16H14N2O3. The number of nitrogens with one attached hydrogen (secondary N) is 1. The third-order valence-electron chi connectivity index (χ3n) is 3.41. The maximum Gasteiger partial charge on any atom is 0.322 e. The normalized spacial score (nSPS) is 10.7. The summed E-state index contributed by atoms with van der Waals surface area (Å²) in [5.41, 5.74) is 5.40. The quantitative estimate of drug-likeness (QED) is 0.768. The molecule has 0 aliphatic carbocycles. The Labute approximate surface area is 121 Å². The van der Waals surface area contributed by atoms with Crippen LogP contribution < -0.4 is 5.32 Å². The highest BCUT2D eigenvalue weighted by Crippen LogP contribution is 2.30. The van der Waals surface area contributed by atoms with Crippen LogP contribution in [0.3, 0.4) is 0 Å². The van der Waals surface area contributed by atoms with Gasteiger partial charge in [-0.15, -0.1) is 0 Å². The predicted molar refractivity (Wildman–Crippen MR) is 80.3 cm³/mol. The van der Waals surface area contributed by atoms with Crippen LogP contribution in [0.15, 0.2) is 47.2 Å². The van der Waals surface area contributed by atoms with Gasteiger partial charge < -0.3 is 14.8 Å². The SMILES string of the molecule is Cc1c(NCC(=O)O)cccc1-c1ccc2ncoc2c1. The zero-order valence-corrected chi connectivity index (χ0v) is 11.5. The minimum atomic E-state index is -0.886. The van der Waals surface area contributed by atoms with E-state index in [-0.39, 0.29) is 6.54 Å². The average molecular weight is 282 g/mol. The summed E-state index contributed by atoms with van der Waals surface area (Å²) >= 11 is 0. The van der Waals surface area contributed by atoms with Crippen LogP contribution in [-0.4, -0.2) is 22.6 Å². The van der Waals surface area contributed by atoms with E-state index in [0.29, 0.717) is 0 Å². The fraction of sp³-hybridized carbons (Fsp3) is 0.125. The molecular weight excluding hydrogens is 268 g/mol. The number of carboxylic acids is 1. The van der Waals surface area contributed by atoms with Gasteiger partial charge in [0.2, 0.25) is 0 Å². The van der Waals surface area contributed by atoms with Crippen molar-refractivity contribution in [2.45, 2.75) is 6.92 Å². The molecule has 0 saturated carbocycles. The fourth-order valence-corrected chi connectivity index (χ4v) is 2.33. The molecule has 21 heavy (non-hydrogen) atoms. The lowest BCUT2D eigenvalue weighted by Crippen LogP contribution is -2.13. The number of oxazole rings is 1. The highest BCUT2D eigenvalue weighted by molar-refractivity contribution is 5.83. The second-order valence-corrected chi connectivity index (χ2v) is 4.76.